The van der Waals surface area contributed by atoms with Crippen LogP contribution in [0.2, 0.25) is 0 Å². The molecule has 0 unspecified atom stereocenters. The summed E-state index contributed by atoms with van der Waals surface area (Å²) in [5, 5.41) is 0. The van der Waals surface area contributed by atoms with E-state index in [0.29, 0.717) is 25.4 Å². The third kappa shape index (κ3) is 4.95. The molecule has 0 aliphatic rings. The van der Waals surface area contributed by atoms with E-state index in [1.54, 1.807) is 19.2 Å². The minimum absolute atomic E-state index is 0.294. The molecule has 1 rings (SSSR count). The van der Waals surface area contributed by atoms with Crippen LogP contribution in [-0.2, 0) is 16.1 Å². The second kappa shape index (κ2) is 7.78. The van der Waals surface area contributed by atoms with Crippen LogP contribution in [0.25, 0.3) is 0 Å². The molecule has 94 valence electrons. The molecule has 0 atom stereocenters. The number of hydrogen-bond donors (Lipinski definition) is 2. The Hall–Kier alpha value is -1.43. The summed E-state index contributed by atoms with van der Waals surface area (Å²) >= 11 is 0. The number of carbonyl (C=O) groups excluding carboxylic acids is 1. The van der Waals surface area contributed by atoms with Crippen molar-refractivity contribution >= 4 is 5.91 Å². The normalized spacial score (nSPS) is 10.2. The zero-order valence-corrected chi connectivity index (χ0v) is 9.94. The number of nitrogen functional groups attached to an aromatic ring is 1. The molecule has 3 N–H and O–H groups in total. The van der Waals surface area contributed by atoms with Gasteiger partial charge < -0.3 is 9.47 Å². The first-order valence-corrected chi connectivity index (χ1v) is 5.44. The molecule has 0 fully saturated rings. The predicted molar refractivity (Wildman–Crippen MR) is 64.2 cm³/mol. The van der Waals surface area contributed by atoms with Crippen LogP contribution in [0.15, 0.2) is 24.3 Å². The van der Waals surface area contributed by atoms with E-state index in [2.05, 4.69) is 5.43 Å². The second-order valence-corrected chi connectivity index (χ2v) is 3.57. The van der Waals surface area contributed by atoms with Crippen LogP contribution in [0.5, 0.6) is 0 Å². The van der Waals surface area contributed by atoms with Gasteiger partial charge in [0.15, 0.2) is 0 Å². The number of rotatable bonds is 7. The molecule has 5 heteroatoms. The summed E-state index contributed by atoms with van der Waals surface area (Å²) in [6.07, 6.45) is 0.879. The van der Waals surface area contributed by atoms with Crippen LogP contribution >= 0.6 is 0 Å². The topological polar surface area (TPSA) is 73.6 Å². The van der Waals surface area contributed by atoms with Gasteiger partial charge in [0.05, 0.1) is 6.61 Å². The van der Waals surface area contributed by atoms with Crippen molar-refractivity contribution in [3.63, 3.8) is 0 Å². The molecule has 1 aromatic carbocycles. The molecule has 0 aliphatic carbocycles. The number of hydrazine groups is 1. The van der Waals surface area contributed by atoms with Gasteiger partial charge >= 0.3 is 0 Å². The van der Waals surface area contributed by atoms with Crippen molar-refractivity contribution in [2.75, 3.05) is 20.3 Å². The van der Waals surface area contributed by atoms with Crippen LogP contribution in [0, 0.1) is 0 Å². The lowest BCUT2D eigenvalue weighted by Gasteiger charge is -2.05. The van der Waals surface area contributed by atoms with Crippen molar-refractivity contribution in [1.29, 1.82) is 0 Å². The monoisotopic (exact) mass is 238 g/mol. The average Bonchev–Trinajstić information content (AvgIpc) is 2.38. The highest BCUT2D eigenvalue weighted by Gasteiger charge is 2.02. The van der Waals surface area contributed by atoms with Crippen molar-refractivity contribution < 1.29 is 14.3 Å². The minimum Gasteiger partial charge on any atom is -0.385 e. The van der Waals surface area contributed by atoms with Gasteiger partial charge in [-0.15, -0.1) is 0 Å². The molecule has 0 saturated heterocycles. The number of nitrogens with two attached hydrogens (primary N) is 1. The highest BCUT2D eigenvalue weighted by Crippen LogP contribution is 2.05. The summed E-state index contributed by atoms with van der Waals surface area (Å²) in [5.74, 6) is 4.74. The molecule has 0 saturated carbocycles. The molecule has 0 bridgehead atoms. The summed E-state index contributed by atoms with van der Waals surface area (Å²) in [4.78, 5) is 11.2. The van der Waals surface area contributed by atoms with Crippen LogP contribution < -0.4 is 11.3 Å². The van der Waals surface area contributed by atoms with Gasteiger partial charge in [0.2, 0.25) is 0 Å². The Labute approximate surface area is 101 Å². The number of hydrogen-bond acceptors (Lipinski definition) is 4. The standard InChI is InChI=1S/C12H18N2O3/c1-16-7-2-8-17-9-10-3-5-11(6-4-10)12(15)14-13/h3-6H,2,7-9,13H2,1H3,(H,14,15). The molecule has 1 aromatic rings. The molecule has 0 aliphatic heterocycles. The number of carbonyl (C=O) groups is 1. The predicted octanol–water partition coefficient (Wildman–Crippen LogP) is 0.843. The van der Waals surface area contributed by atoms with E-state index in [9.17, 15) is 4.79 Å². The fourth-order valence-corrected chi connectivity index (χ4v) is 1.33. The second-order valence-electron chi connectivity index (χ2n) is 3.57. The quantitative estimate of drug-likeness (QED) is 0.319. The number of nitrogens with one attached hydrogen (secondary N) is 1. The number of benzene rings is 1. The molecule has 1 amide bonds. The fourth-order valence-electron chi connectivity index (χ4n) is 1.33. The van der Waals surface area contributed by atoms with Crippen molar-refractivity contribution in [3.05, 3.63) is 35.4 Å². The fraction of sp³-hybridized carbons (Fsp3) is 0.417. The molecular formula is C12H18N2O3. The lowest BCUT2D eigenvalue weighted by Crippen LogP contribution is -2.29. The summed E-state index contributed by atoms with van der Waals surface area (Å²) < 4.78 is 10.4. The third-order valence-corrected chi connectivity index (χ3v) is 2.25. The largest absolute Gasteiger partial charge is 0.385 e. The van der Waals surface area contributed by atoms with Gasteiger partial charge in [-0.05, 0) is 24.1 Å². The average molecular weight is 238 g/mol. The Morgan fingerprint density at radius 1 is 1.29 bits per heavy atom. The zero-order chi connectivity index (χ0) is 12.5. The van der Waals surface area contributed by atoms with Crippen molar-refractivity contribution in [2.45, 2.75) is 13.0 Å². The van der Waals surface area contributed by atoms with Crippen LogP contribution in [0.3, 0.4) is 0 Å². The minimum atomic E-state index is -0.294. The highest BCUT2D eigenvalue weighted by molar-refractivity contribution is 5.93. The van der Waals surface area contributed by atoms with E-state index < -0.39 is 0 Å². The molecule has 0 spiro atoms. The molecule has 0 radical (unpaired) electrons. The lowest BCUT2D eigenvalue weighted by atomic mass is 10.1. The van der Waals surface area contributed by atoms with E-state index in [4.69, 9.17) is 15.3 Å². The number of methoxy groups -OCH3 is 1. The SMILES string of the molecule is COCCCOCc1ccc(C(=O)NN)cc1. The maximum Gasteiger partial charge on any atom is 0.265 e. The van der Waals surface area contributed by atoms with Crippen molar-refractivity contribution in [1.82, 2.24) is 5.43 Å². The molecule has 0 aromatic heterocycles. The summed E-state index contributed by atoms with van der Waals surface area (Å²) in [6.45, 7) is 1.91. The van der Waals surface area contributed by atoms with Crippen LogP contribution in [0.4, 0.5) is 0 Å². The number of ether oxygens (including phenoxy) is 2. The maximum absolute atomic E-state index is 11.2. The Balaban J connectivity index is 2.33. The first-order chi connectivity index (χ1) is 8.27. The van der Waals surface area contributed by atoms with Gasteiger partial charge in [-0.2, -0.15) is 0 Å². The third-order valence-electron chi connectivity index (χ3n) is 2.25. The number of amides is 1. The first-order valence-electron chi connectivity index (χ1n) is 5.44. The van der Waals surface area contributed by atoms with Gasteiger partial charge in [0.1, 0.15) is 0 Å². The van der Waals surface area contributed by atoms with E-state index >= 15 is 0 Å². The summed E-state index contributed by atoms with van der Waals surface area (Å²) in [5.41, 5.74) is 3.64. The van der Waals surface area contributed by atoms with E-state index in [1.807, 2.05) is 12.1 Å². The van der Waals surface area contributed by atoms with E-state index in [-0.39, 0.29) is 5.91 Å². The van der Waals surface area contributed by atoms with Crippen LogP contribution in [0.1, 0.15) is 22.3 Å². The van der Waals surface area contributed by atoms with Crippen molar-refractivity contribution in [3.8, 4) is 0 Å². The molecule has 17 heavy (non-hydrogen) atoms. The Bertz CT molecular complexity index is 338. The van der Waals surface area contributed by atoms with Crippen molar-refractivity contribution in [2.24, 2.45) is 5.84 Å². The van der Waals surface area contributed by atoms with Gasteiger partial charge in [0, 0.05) is 25.9 Å². The Morgan fingerprint density at radius 3 is 2.59 bits per heavy atom. The summed E-state index contributed by atoms with van der Waals surface area (Å²) in [6, 6.07) is 7.13. The zero-order valence-electron chi connectivity index (χ0n) is 9.94. The Morgan fingerprint density at radius 2 is 2.00 bits per heavy atom. The Kier molecular flexibility index (Phi) is 6.24. The molecule has 0 heterocycles. The molecule has 5 nitrogen and oxygen atoms in total. The van der Waals surface area contributed by atoms with E-state index in [0.717, 1.165) is 12.0 Å². The molecular weight excluding hydrogens is 220 g/mol. The van der Waals surface area contributed by atoms with E-state index in [1.165, 1.54) is 0 Å². The van der Waals surface area contributed by atoms with Gasteiger partial charge in [-0.25, -0.2) is 5.84 Å². The van der Waals surface area contributed by atoms with Gasteiger partial charge in [-0.3, -0.25) is 10.2 Å². The highest BCUT2D eigenvalue weighted by atomic mass is 16.5. The smallest absolute Gasteiger partial charge is 0.265 e. The van der Waals surface area contributed by atoms with Gasteiger partial charge in [-0.1, -0.05) is 12.1 Å². The summed E-state index contributed by atoms with van der Waals surface area (Å²) in [7, 11) is 1.67. The van der Waals surface area contributed by atoms with Crippen LogP contribution in [-0.4, -0.2) is 26.2 Å². The maximum atomic E-state index is 11.2. The first kappa shape index (κ1) is 13.6. The lowest BCUT2D eigenvalue weighted by molar-refractivity contribution is 0.0925. The van der Waals surface area contributed by atoms with Gasteiger partial charge in [0.25, 0.3) is 5.91 Å².